The quantitative estimate of drug-likeness (QED) is 0.392. The minimum atomic E-state index is -0.711. The lowest BCUT2D eigenvalue weighted by Crippen LogP contribution is -2.51. The monoisotopic (exact) mass is 476 g/mol. The summed E-state index contributed by atoms with van der Waals surface area (Å²) < 4.78 is 1.98. The van der Waals surface area contributed by atoms with E-state index in [2.05, 4.69) is 47.7 Å². The number of carbonyl (C=O) groups is 3. The Morgan fingerprint density at radius 1 is 1.15 bits per heavy atom. The van der Waals surface area contributed by atoms with Gasteiger partial charge in [-0.05, 0) is 67.6 Å². The molecule has 4 rings (SSSR count). The fourth-order valence-corrected chi connectivity index (χ4v) is 5.22. The molecule has 176 valence electrons. The minimum absolute atomic E-state index is 0.140. The Labute approximate surface area is 203 Å². The van der Waals surface area contributed by atoms with Crippen LogP contribution in [0.4, 0.5) is 5.69 Å². The molecule has 1 aromatic heterocycles. The van der Waals surface area contributed by atoms with E-state index in [-0.39, 0.29) is 23.5 Å². The van der Waals surface area contributed by atoms with Crippen molar-refractivity contribution in [3.63, 3.8) is 0 Å². The summed E-state index contributed by atoms with van der Waals surface area (Å²) in [5.74, 6) is -0.404. The van der Waals surface area contributed by atoms with Gasteiger partial charge in [0.05, 0.1) is 11.2 Å². The third-order valence-electron chi connectivity index (χ3n) is 6.22. The van der Waals surface area contributed by atoms with Crippen LogP contribution in [0.1, 0.15) is 42.9 Å². The van der Waals surface area contributed by atoms with Crippen molar-refractivity contribution < 1.29 is 14.4 Å². The lowest BCUT2D eigenvalue weighted by Gasteiger charge is -2.35. The Balaban J connectivity index is 1.40. The number of thioether (sulfide) groups is 1. The maximum atomic E-state index is 12.6. The summed E-state index contributed by atoms with van der Waals surface area (Å²) in [5, 5.41) is 6.12. The van der Waals surface area contributed by atoms with Crippen LogP contribution < -0.4 is 10.6 Å². The van der Waals surface area contributed by atoms with Crippen LogP contribution >= 0.6 is 11.8 Å². The Bertz CT molecular complexity index is 1210. The Hall–Kier alpha value is -3.39. The number of nitrogens with one attached hydrogen (secondary N) is 2. The third-order valence-corrected chi connectivity index (χ3v) is 7.18. The van der Waals surface area contributed by atoms with E-state index in [0.29, 0.717) is 24.9 Å². The van der Waals surface area contributed by atoms with E-state index in [1.54, 1.807) is 18.3 Å². The third kappa shape index (κ3) is 4.92. The molecule has 1 fully saturated rings. The highest BCUT2D eigenvalue weighted by atomic mass is 32.2. The van der Waals surface area contributed by atoms with Crippen molar-refractivity contribution in [3.05, 3.63) is 71.5 Å². The molecule has 0 aliphatic carbocycles. The number of nitrogens with zero attached hydrogens (tertiary/aromatic N) is 2. The number of aromatic nitrogens is 2. The molecule has 0 saturated carbocycles. The number of hydrogen-bond acceptors (Lipinski definition) is 5. The molecule has 2 heterocycles. The summed E-state index contributed by atoms with van der Waals surface area (Å²) in [4.78, 5) is 41.1. The fraction of sp³-hybridized carbons (Fsp3) is 0.308. The first-order valence-corrected chi connectivity index (χ1v) is 12.3. The topological polar surface area (TPSA) is 93.1 Å². The van der Waals surface area contributed by atoms with Crippen molar-refractivity contribution in [2.24, 2.45) is 0 Å². The number of imidazole rings is 1. The second-order valence-electron chi connectivity index (χ2n) is 8.65. The molecule has 3 amide bonds. The van der Waals surface area contributed by atoms with Gasteiger partial charge in [-0.3, -0.25) is 24.3 Å². The van der Waals surface area contributed by atoms with Crippen LogP contribution in [0.3, 0.4) is 0 Å². The van der Waals surface area contributed by atoms with Gasteiger partial charge in [0.15, 0.2) is 5.16 Å². The predicted octanol–water partition coefficient (Wildman–Crippen LogP) is 4.30. The minimum Gasteiger partial charge on any atom is -0.325 e. The maximum absolute atomic E-state index is 12.6. The maximum Gasteiger partial charge on any atom is 0.237 e. The molecule has 1 atom stereocenters. The average molecular weight is 477 g/mol. The lowest BCUT2D eigenvalue weighted by molar-refractivity contribution is -0.138. The number of aryl methyl sites for hydroxylation is 2. The molecule has 0 radical (unpaired) electrons. The molecule has 8 heteroatoms. The van der Waals surface area contributed by atoms with Gasteiger partial charge >= 0.3 is 0 Å². The first-order valence-electron chi connectivity index (χ1n) is 11.3. The molecule has 1 aliphatic rings. The number of hydrogen-bond donors (Lipinski definition) is 2. The van der Waals surface area contributed by atoms with Gasteiger partial charge in [-0.1, -0.05) is 36.9 Å². The standard InChI is InChI=1S/C26H28N4O3S/c1-4-26(10-9-22(31)29-24(26)33)19-5-7-20(8-6-19)28-23(32)16-34-25-27-11-12-30(25)21-14-17(2)13-18(3)15-21/h5-8,11-15H,4,9-10,16H2,1-3H3,(H,28,32)(H,29,31,33). The van der Waals surface area contributed by atoms with E-state index in [0.717, 1.165) is 16.4 Å². The van der Waals surface area contributed by atoms with Crippen LogP contribution in [-0.2, 0) is 19.8 Å². The Morgan fingerprint density at radius 3 is 2.50 bits per heavy atom. The molecule has 7 nitrogen and oxygen atoms in total. The second kappa shape index (κ2) is 9.85. The van der Waals surface area contributed by atoms with Crippen molar-refractivity contribution in [3.8, 4) is 5.69 Å². The number of carbonyl (C=O) groups excluding carboxylic acids is 3. The van der Waals surface area contributed by atoms with Gasteiger partial charge in [-0.25, -0.2) is 4.98 Å². The first-order chi connectivity index (χ1) is 16.3. The van der Waals surface area contributed by atoms with Crippen molar-refractivity contribution in [2.45, 2.75) is 50.6 Å². The van der Waals surface area contributed by atoms with Crippen LogP contribution in [0, 0.1) is 13.8 Å². The van der Waals surface area contributed by atoms with Crippen LogP contribution in [0.15, 0.2) is 60.0 Å². The first kappa shape index (κ1) is 23.8. The largest absolute Gasteiger partial charge is 0.325 e. The molecule has 1 aliphatic heterocycles. The highest BCUT2D eigenvalue weighted by molar-refractivity contribution is 7.99. The van der Waals surface area contributed by atoms with E-state index in [4.69, 9.17) is 0 Å². The second-order valence-corrected chi connectivity index (χ2v) is 9.60. The molecule has 2 N–H and O–H groups in total. The number of piperidine rings is 1. The van der Waals surface area contributed by atoms with Crippen LogP contribution in [-0.4, -0.2) is 33.0 Å². The van der Waals surface area contributed by atoms with Crippen LogP contribution in [0.5, 0.6) is 0 Å². The molecule has 0 spiro atoms. The van der Waals surface area contributed by atoms with Gasteiger partial charge in [0.1, 0.15) is 0 Å². The Kier molecular flexibility index (Phi) is 6.88. The summed E-state index contributed by atoms with van der Waals surface area (Å²) in [5.41, 5.74) is 4.16. The Morgan fingerprint density at radius 2 is 1.85 bits per heavy atom. The predicted molar refractivity (Wildman–Crippen MR) is 133 cm³/mol. The summed E-state index contributed by atoms with van der Waals surface area (Å²) >= 11 is 1.37. The van der Waals surface area contributed by atoms with E-state index in [1.807, 2.05) is 29.8 Å². The molecule has 0 bridgehead atoms. The smallest absolute Gasteiger partial charge is 0.237 e. The highest BCUT2D eigenvalue weighted by Crippen LogP contribution is 2.36. The number of anilines is 1. The van der Waals surface area contributed by atoms with Gasteiger partial charge in [-0.2, -0.15) is 0 Å². The van der Waals surface area contributed by atoms with Gasteiger partial charge < -0.3 is 5.32 Å². The number of amides is 3. The molecule has 2 aromatic carbocycles. The van der Waals surface area contributed by atoms with E-state index in [1.165, 1.54) is 22.9 Å². The summed E-state index contributed by atoms with van der Waals surface area (Å²) in [6.45, 7) is 6.06. The normalized spacial score (nSPS) is 18.0. The SMILES string of the molecule is CCC1(c2ccc(NC(=O)CSc3nccn3-c3cc(C)cc(C)c3)cc2)CCC(=O)NC1=O. The van der Waals surface area contributed by atoms with Crippen molar-refractivity contribution in [1.29, 1.82) is 0 Å². The van der Waals surface area contributed by atoms with Gasteiger partial charge in [0.2, 0.25) is 17.7 Å². The molecule has 1 unspecified atom stereocenters. The molecule has 34 heavy (non-hydrogen) atoms. The summed E-state index contributed by atoms with van der Waals surface area (Å²) in [7, 11) is 0. The van der Waals surface area contributed by atoms with Crippen LogP contribution in [0.2, 0.25) is 0 Å². The fourth-order valence-electron chi connectivity index (χ4n) is 4.45. The zero-order valence-corrected chi connectivity index (χ0v) is 20.4. The summed E-state index contributed by atoms with van der Waals surface area (Å²) in [6, 6.07) is 13.6. The van der Waals surface area contributed by atoms with Crippen LogP contribution in [0.25, 0.3) is 5.69 Å². The lowest BCUT2D eigenvalue weighted by atomic mass is 9.72. The van der Waals surface area contributed by atoms with Gasteiger partial charge in [0.25, 0.3) is 0 Å². The van der Waals surface area contributed by atoms with Gasteiger partial charge in [0, 0.05) is 30.2 Å². The van der Waals surface area contributed by atoms with E-state index in [9.17, 15) is 14.4 Å². The molecular weight excluding hydrogens is 448 g/mol. The molecule has 1 saturated heterocycles. The van der Waals surface area contributed by atoms with E-state index < -0.39 is 5.41 Å². The number of rotatable bonds is 7. The highest BCUT2D eigenvalue weighted by Gasteiger charge is 2.42. The summed E-state index contributed by atoms with van der Waals surface area (Å²) in [6.07, 6.45) is 5.04. The number of benzene rings is 2. The average Bonchev–Trinajstić information content (AvgIpc) is 3.27. The number of imide groups is 1. The van der Waals surface area contributed by atoms with Crippen molar-refractivity contribution in [1.82, 2.24) is 14.9 Å². The van der Waals surface area contributed by atoms with Crippen molar-refractivity contribution >= 4 is 35.2 Å². The van der Waals surface area contributed by atoms with E-state index >= 15 is 0 Å². The zero-order valence-electron chi connectivity index (χ0n) is 19.6. The molecular formula is C26H28N4O3S. The van der Waals surface area contributed by atoms with Gasteiger partial charge in [-0.15, -0.1) is 0 Å². The molecule has 3 aromatic rings. The van der Waals surface area contributed by atoms with Crippen molar-refractivity contribution in [2.75, 3.05) is 11.1 Å². The zero-order chi connectivity index (χ0) is 24.3.